The average molecular weight is 426 g/mol. The van der Waals surface area contributed by atoms with Gasteiger partial charge in [-0.2, -0.15) is 5.10 Å². The third-order valence-electron chi connectivity index (χ3n) is 4.85. The predicted molar refractivity (Wildman–Crippen MR) is 117 cm³/mol. The summed E-state index contributed by atoms with van der Waals surface area (Å²) in [7, 11) is 0. The highest BCUT2D eigenvalue weighted by Gasteiger charge is 2.35. The van der Waals surface area contributed by atoms with Gasteiger partial charge in [0.25, 0.3) is 5.91 Å². The molecule has 3 rings (SSSR count). The van der Waals surface area contributed by atoms with Crippen molar-refractivity contribution in [3.63, 3.8) is 0 Å². The number of amides is 1. The molecule has 164 valence electrons. The van der Waals surface area contributed by atoms with E-state index in [-0.39, 0.29) is 17.6 Å². The van der Waals surface area contributed by atoms with Gasteiger partial charge in [-0.15, -0.1) is 0 Å². The molecule has 7 heteroatoms. The van der Waals surface area contributed by atoms with Gasteiger partial charge in [0, 0.05) is 5.39 Å². The molecular weight excluding hydrogens is 397 g/mol. The van der Waals surface area contributed by atoms with Gasteiger partial charge < -0.3 is 10.1 Å². The highest BCUT2D eigenvalue weighted by molar-refractivity contribution is 6.06. The molecule has 0 aliphatic rings. The number of carbonyl (C=O) groups is 2. The minimum Gasteiger partial charge on any atom is -0.461 e. The monoisotopic (exact) mass is 425 g/mol. The number of hydrogen-bond donors (Lipinski definition) is 1. The SMILES string of the molecule is CC(C)OC(=O)[C@@H](NC(=O)c1nn(Cc2ccc(F)cc2)c2ccccc12)C(C)(C)C. The molecule has 0 unspecified atom stereocenters. The van der Waals surface area contributed by atoms with Crippen molar-refractivity contribution in [2.45, 2.75) is 53.3 Å². The molecule has 1 aromatic heterocycles. The molecule has 0 aliphatic heterocycles. The molecule has 0 aliphatic carbocycles. The quantitative estimate of drug-likeness (QED) is 0.597. The molecule has 0 saturated carbocycles. The van der Waals surface area contributed by atoms with Crippen molar-refractivity contribution in [3.05, 3.63) is 65.6 Å². The number of para-hydroxylation sites is 1. The number of halogens is 1. The lowest BCUT2D eigenvalue weighted by molar-refractivity contribution is -0.152. The summed E-state index contributed by atoms with van der Waals surface area (Å²) in [4.78, 5) is 25.8. The van der Waals surface area contributed by atoms with Crippen molar-refractivity contribution >= 4 is 22.8 Å². The van der Waals surface area contributed by atoms with Crippen LogP contribution < -0.4 is 5.32 Å². The molecule has 1 atom stereocenters. The number of ether oxygens (including phenoxy) is 1. The van der Waals surface area contributed by atoms with E-state index in [1.54, 1.807) is 30.7 Å². The fraction of sp³-hybridized carbons (Fsp3) is 0.375. The second kappa shape index (κ2) is 8.88. The van der Waals surface area contributed by atoms with Crippen molar-refractivity contribution in [2.75, 3.05) is 0 Å². The number of nitrogens with zero attached hydrogens (tertiary/aromatic N) is 2. The number of rotatable bonds is 6. The lowest BCUT2D eigenvalue weighted by Crippen LogP contribution is -2.50. The number of nitrogens with one attached hydrogen (secondary N) is 1. The van der Waals surface area contributed by atoms with Gasteiger partial charge in [-0.05, 0) is 43.0 Å². The van der Waals surface area contributed by atoms with Crippen LogP contribution in [0, 0.1) is 11.2 Å². The van der Waals surface area contributed by atoms with Gasteiger partial charge in [-0.3, -0.25) is 9.48 Å². The minimum atomic E-state index is -0.830. The van der Waals surface area contributed by atoms with Gasteiger partial charge in [0.05, 0.1) is 18.2 Å². The number of aromatic nitrogens is 2. The van der Waals surface area contributed by atoms with Gasteiger partial charge in [-0.1, -0.05) is 51.1 Å². The van der Waals surface area contributed by atoms with Crippen LogP contribution in [0.15, 0.2) is 48.5 Å². The number of carbonyl (C=O) groups excluding carboxylic acids is 2. The van der Waals surface area contributed by atoms with Crippen molar-refractivity contribution in [3.8, 4) is 0 Å². The number of hydrogen-bond acceptors (Lipinski definition) is 4. The Balaban J connectivity index is 1.93. The first-order valence-electron chi connectivity index (χ1n) is 10.3. The molecule has 1 heterocycles. The van der Waals surface area contributed by atoms with E-state index in [9.17, 15) is 14.0 Å². The highest BCUT2D eigenvalue weighted by Crippen LogP contribution is 2.24. The summed E-state index contributed by atoms with van der Waals surface area (Å²) >= 11 is 0. The Hall–Kier alpha value is -3.22. The molecule has 2 aromatic carbocycles. The van der Waals surface area contributed by atoms with Gasteiger partial charge in [-0.25, -0.2) is 9.18 Å². The van der Waals surface area contributed by atoms with Gasteiger partial charge in [0.15, 0.2) is 5.69 Å². The molecule has 31 heavy (non-hydrogen) atoms. The zero-order valence-corrected chi connectivity index (χ0v) is 18.5. The maximum Gasteiger partial charge on any atom is 0.329 e. The Labute approximate surface area is 181 Å². The molecule has 0 radical (unpaired) electrons. The molecule has 0 spiro atoms. The largest absolute Gasteiger partial charge is 0.461 e. The maximum atomic E-state index is 13.2. The molecule has 0 fully saturated rings. The van der Waals surface area contributed by atoms with Crippen LogP contribution in [0.5, 0.6) is 0 Å². The Morgan fingerprint density at radius 1 is 1.10 bits per heavy atom. The van der Waals surface area contributed by atoms with E-state index in [0.717, 1.165) is 11.1 Å². The number of benzene rings is 2. The van der Waals surface area contributed by atoms with Crippen molar-refractivity contribution < 1.29 is 18.7 Å². The lowest BCUT2D eigenvalue weighted by atomic mass is 9.86. The van der Waals surface area contributed by atoms with E-state index in [0.29, 0.717) is 11.9 Å². The smallest absolute Gasteiger partial charge is 0.329 e. The third-order valence-corrected chi connectivity index (χ3v) is 4.85. The van der Waals surface area contributed by atoms with Crippen LogP contribution in [0.1, 0.15) is 50.7 Å². The molecule has 0 saturated heterocycles. The summed E-state index contributed by atoms with van der Waals surface area (Å²) < 4.78 is 20.3. The van der Waals surface area contributed by atoms with Crippen molar-refractivity contribution in [2.24, 2.45) is 5.41 Å². The van der Waals surface area contributed by atoms with Crippen LogP contribution in [-0.4, -0.2) is 33.8 Å². The van der Waals surface area contributed by atoms with E-state index in [1.165, 1.54) is 12.1 Å². The van der Waals surface area contributed by atoms with Gasteiger partial charge in [0.2, 0.25) is 0 Å². The van der Waals surface area contributed by atoms with Crippen LogP contribution >= 0.6 is 0 Å². The van der Waals surface area contributed by atoms with Gasteiger partial charge in [0.1, 0.15) is 11.9 Å². The first-order chi connectivity index (χ1) is 14.6. The second-order valence-electron chi connectivity index (χ2n) is 8.91. The zero-order valence-electron chi connectivity index (χ0n) is 18.5. The fourth-order valence-electron chi connectivity index (χ4n) is 3.31. The minimum absolute atomic E-state index is 0.226. The van der Waals surface area contributed by atoms with Crippen molar-refractivity contribution in [1.82, 2.24) is 15.1 Å². The molecule has 6 nitrogen and oxygen atoms in total. The number of esters is 1. The maximum absolute atomic E-state index is 13.2. The van der Waals surface area contributed by atoms with E-state index < -0.39 is 23.3 Å². The highest BCUT2D eigenvalue weighted by atomic mass is 19.1. The third kappa shape index (κ3) is 5.29. The van der Waals surface area contributed by atoms with Crippen molar-refractivity contribution in [1.29, 1.82) is 0 Å². The zero-order chi connectivity index (χ0) is 22.8. The van der Waals surface area contributed by atoms with Crippen LogP contribution in [0.25, 0.3) is 10.9 Å². The molecule has 1 amide bonds. The summed E-state index contributed by atoms with van der Waals surface area (Å²) in [6.45, 7) is 9.51. The Morgan fingerprint density at radius 2 is 1.74 bits per heavy atom. The number of fused-ring (bicyclic) bond motifs is 1. The molecule has 3 aromatic rings. The fourth-order valence-corrected chi connectivity index (χ4v) is 3.31. The Bertz CT molecular complexity index is 1080. The van der Waals surface area contributed by atoms with E-state index in [2.05, 4.69) is 10.4 Å². The normalized spacial score (nSPS) is 12.7. The van der Waals surface area contributed by atoms with Gasteiger partial charge >= 0.3 is 5.97 Å². The van der Waals surface area contributed by atoms with E-state index >= 15 is 0 Å². The first kappa shape index (κ1) is 22.5. The summed E-state index contributed by atoms with van der Waals surface area (Å²) in [5.41, 5.74) is 1.31. The summed E-state index contributed by atoms with van der Waals surface area (Å²) in [5.74, 6) is -1.24. The molecule has 1 N–H and O–H groups in total. The summed E-state index contributed by atoms with van der Waals surface area (Å²) in [5, 5.41) is 8.01. The van der Waals surface area contributed by atoms with Crippen LogP contribution in [0.2, 0.25) is 0 Å². The van der Waals surface area contributed by atoms with Crippen LogP contribution in [-0.2, 0) is 16.1 Å². The standard InChI is InChI=1S/C24H28FN3O3/c1-15(2)31-23(30)21(24(3,4)5)26-22(29)20-18-8-6-7-9-19(18)28(27-20)14-16-10-12-17(25)13-11-16/h6-13,15,21H,14H2,1-5H3,(H,26,29)/t21-/m1/s1. The molecular formula is C24H28FN3O3. The van der Waals surface area contributed by atoms with Crippen LogP contribution in [0.4, 0.5) is 4.39 Å². The predicted octanol–water partition coefficient (Wildman–Crippen LogP) is 4.32. The van der Waals surface area contributed by atoms with Crippen LogP contribution in [0.3, 0.4) is 0 Å². The Kier molecular flexibility index (Phi) is 6.43. The molecule has 0 bridgehead atoms. The summed E-state index contributed by atoms with van der Waals surface area (Å²) in [6.07, 6.45) is -0.287. The van der Waals surface area contributed by atoms with E-state index in [1.807, 2.05) is 45.0 Å². The average Bonchev–Trinajstić information content (AvgIpc) is 3.05. The first-order valence-corrected chi connectivity index (χ1v) is 10.3. The lowest BCUT2D eigenvalue weighted by Gasteiger charge is -2.30. The Morgan fingerprint density at radius 3 is 2.35 bits per heavy atom. The summed E-state index contributed by atoms with van der Waals surface area (Å²) in [6, 6.07) is 12.7. The van der Waals surface area contributed by atoms with E-state index in [4.69, 9.17) is 4.74 Å². The second-order valence-corrected chi connectivity index (χ2v) is 8.91. The topological polar surface area (TPSA) is 73.2 Å².